The topological polar surface area (TPSA) is 67.4 Å². The molecule has 2 bridgehead atoms. The lowest BCUT2D eigenvalue weighted by molar-refractivity contribution is -0.184. The van der Waals surface area contributed by atoms with Gasteiger partial charge in [-0.2, -0.15) is 0 Å². The van der Waals surface area contributed by atoms with E-state index in [9.17, 15) is 22.8 Å². The second-order valence-electron chi connectivity index (χ2n) is 8.03. The smallest absolute Gasteiger partial charge is 0.258 e. The number of halogens is 5. The molecule has 0 spiro atoms. The van der Waals surface area contributed by atoms with Gasteiger partial charge in [-0.05, 0) is 43.5 Å². The van der Waals surface area contributed by atoms with Crippen molar-refractivity contribution >= 4 is 35.0 Å². The molecule has 5 rings (SSSR count). The van der Waals surface area contributed by atoms with Gasteiger partial charge in [-0.1, -0.05) is 23.2 Å². The molecule has 3 saturated carbocycles. The summed E-state index contributed by atoms with van der Waals surface area (Å²) in [6.45, 7) is -0.600. The molecule has 3 aliphatic carbocycles. The van der Waals surface area contributed by atoms with E-state index in [1.54, 1.807) is 0 Å². The zero-order valence-electron chi connectivity index (χ0n) is 16.0. The van der Waals surface area contributed by atoms with Gasteiger partial charge in [0.25, 0.3) is 5.91 Å². The molecule has 5 nitrogen and oxygen atoms in total. The second-order valence-corrected chi connectivity index (χ2v) is 8.88. The normalized spacial score (nSPS) is 23.4. The van der Waals surface area contributed by atoms with Crippen LogP contribution in [0.25, 0.3) is 0 Å². The zero-order valence-corrected chi connectivity index (χ0v) is 17.5. The summed E-state index contributed by atoms with van der Waals surface area (Å²) < 4.78 is 46.3. The Kier molecular flexibility index (Phi) is 5.55. The van der Waals surface area contributed by atoms with Crippen molar-refractivity contribution in [2.45, 2.75) is 31.3 Å². The van der Waals surface area contributed by atoms with Gasteiger partial charge in [-0.25, -0.2) is 13.2 Å². The summed E-state index contributed by atoms with van der Waals surface area (Å²) in [7, 11) is 0. The summed E-state index contributed by atoms with van der Waals surface area (Å²) in [6.07, 6.45) is 1.29. The van der Waals surface area contributed by atoms with Crippen LogP contribution in [0.1, 0.15) is 24.8 Å². The molecule has 0 aliphatic heterocycles. The fourth-order valence-corrected chi connectivity index (χ4v) is 4.61. The minimum absolute atomic E-state index is 0.0456. The van der Waals surface area contributed by atoms with E-state index >= 15 is 0 Å². The van der Waals surface area contributed by atoms with Gasteiger partial charge in [0.15, 0.2) is 6.61 Å². The first-order valence-corrected chi connectivity index (χ1v) is 10.2. The molecule has 2 aromatic rings. The van der Waals surface area contributed by atoms with Crippen LogP contribution in [0, 0.1) is 22.9 Å². The summed E-state index contributed by atoms with van der Waals surface area (Å²) in [5.74, 6) is -2.84. The van der Waals surface area contributed by atoms with Crippen molar-refractivity contribution in [3.05, 3.63) is 63.4 Å². The third-order valence-corrected chi connectivity index (χ3v) is 6.23. The molecule has 2 amide bonds. The Hall–Kier alpha value is -2.45. The second kappa shape index (κ2) is 7.91. The van der Waals surface area contributed by atoms with E-state index in [-0.39, 0.29) is 40.4 Å². The first-order chi connectivity index (χ1) is 14.6. The maximum Gasteiger partial charge on any atom is 0.258 e. The first kappa shape index (κ1) is 21.8. The van der Waals surface area contributed by atoms with Gasteiger partial charge >= 0.3 is 0 Å². The molecule has 10 heteroatoms. The maximum absolute atomic E-state index is 13.8. The summed E-state index contributed by atoms with van der Waals surface area (Å²) in [6, 6.07) is 5.83. The minimum Gasteiger partial charge on any atom is -0.484 e. The van der Waals surface area contributed by atoms with Crippen molar-refractivity contribution in [2.75, 3.05) is 6.61 Å². The fourth-order valence-electron chi connectivity index (χ4n) is 4.31. The van der Waals surface area contributed by atoms with Crippen molar-refractivity contribution < 1.29 is 27.5 Å². The number of benzene rings is 2. The van der Waals surface area contributed by atoms with Gasteiger partial charge in [0.1, 0.15) is 23.2 Å². The predicted octanol–water partition coefficient (Wildman–Crippen LogP) is 4.14. The average Bonchev–Trinajstić information content (AvgIpc) is 2.63. The lowest BCUT2D eigenvalue weighted by Crippen LogP contribution is -2.78. The molecule has 31 heavy (non-hydrogen) atoms. The molecule has 3 aliphatic rings. The van der Waals surface area contributed by atoms with Crippen LogP contribution in [0.4, 0.5) is 13.2 Å². The molecule has 0 radical (unpaired) electrons. The molecule has 3 fully saturated rings. The maximum atomic E-state index is 13.8. The highest BCUT2D eigenvalue weighted by Gasteiger charge is 2.72. The molecule has 0 aromatic heterocycles. The molecule has 0 unspecified atom stereocenters. The fraction of sp³-hybridized carbons (Fsp3) is 0.333. The molecular weight excluding hydrogens is 456 g/mol. The largest absolute Gasteiger partial charge is 0.484 e. The van der Waals surface area contributed by atoms with Gasteiger partial charge in [0.05, 0.1) is 10.4 Å². The Labute approximate surface area is 185 Å². The first-order valence-electron chi connectivity index (χ1n) is 9.42. The van der Waals surface area contributed by atoms with Crippen molar-refractivity contribution in [3.63, 3.8) is 0 Å². The summed E-state index contributed by atoms with van der Waals surface area (Å²) in [5.41, 5.74) is -1.39. The van der Waals surface area contributed by atoms with Gasteiger partial charge in [0, 0.05) is 28.7 Å². The van der Waals surface area contributed by atoms with Gasteiger partial charge in [-0.15, -0.1) is 0 Å². The van der Waals surface area contributed by atoms with Crippen LogP contribution in [0.15, 0.2) is 30.3 Å². The van der Waals surface area contributed by atoms with Crippen LogP contribution in [0.5, 0.6) is 5.75 Å². The Morgan fingerprint density at radius 2 is 1.65 bits per heavy atom. The standard InChI is InChI=1S/C21H17Cl2F3N2O3/c22-11-3-15(24)13(16(25)4-11)6-27-19(30)20-8-21(9-20,10-20)28-18(29)7-31-12-1-2-14(23)17(26)5-12/h1-5H,6-10H2,(H,27,30)(H,28,29). The lowest BCUT2D eigenvalue weighted by atomic mass is 9.39. The molecular formula is C21H17Cl2F3N2O3. The summed E-state index contributed by atoms with van der Waals surface area (Å²) >= 11 is 11.2. The highest BCUT2D eigenvalue weighted by Crippen LogP contribution is 2.67. The highest BCUT2D eigenvalue weighted by molar-refractivity contribution is 6.31. The van der Waals surface area contributed by atoms with E-state index in [2.05, 4.69) is 10.6 Å². The van der Waals surface area contributed by atoms with E-state index in [1.165, 1.54) is 12.1 Å². The molecule has 2 aromatic carbocycles. The van der Waals surface area contributed by atoms with E-state index in [0.717, 1.165) is 18.2 Å². The third kappa shape index (κ3) is 4.19. The van der Waals surface area contributed by atoms with Crippen molar-refractivity contribution in [2.24, 2.45) is 5.41 Å². The number of hydrogen-bond donors (Lipinski definition) is 2. The number of carbonyl (C=O) groups is 2. The monoisotopic (exact) mass is 472 g/mol. The lowest BCUT2D eigenvalue weighted by Gasteiger charge is -2.69. The SMILES string of the molecule is O=C(COc1ccc(Cl)c(F)c1)NC12CC(C(=O)NCc3c(F)cc(Cl)cc3F)(C1)C2. The minimum atomic E-state index is -0.827. The van der Waals surface area contributed by atoms with Gasteiger partial charge in [0.2, 0.25) is 5.91 Å². The Morgan fingerprint density at radius 3 is 2.26 bits per heavy atom. The van der Waals surface area contributed by atoms with Crippen molar-refractivity contribution in [1.82, 2.24) is 10.6 Å². The Morgan fingerprint density at radius 1 is 1.00 bits per heavy atom. The zero-order chi connectivity index (χ0) is 22.4. The molecule has 0 heterocycles. The quantitative estimate of drug-likeness (QED) is 0.636. The van der Waals surface area contributed by atoms with E-state index in [0.29, 0.717) is 19.3 Å². The average molecular weight is 473 g/mol. The number of nitrogens with one attached hydrogen (secondary N) is 2. The van der Waals surface area contributed by atoms with Crippen LogP contribution < -0.4 is 15.4 Å². The Balaban J connectivity index is 1.24. The van der Waals surface area contributed by atoms with Crippen molar-refractivity contribution in [3.8, 4) is 5.75 Å². The number of hydrogen-bond acceptors (Lipinski definition) is 3. The molecule has 164 valence electrons. The summed E-state index contributed by atoms with van der Waals surface area (Å²) in [4.78, 5) is 24.6. The number of amides is 2. The van der Waals surface area contributed by atoms with Gasteiger partial charge in [-0.3, -0.25) is 9.59 Å². The molecule has 2 N–H and O–H groups in total. The number of carbonyl (C=O) groups excluding carboxylic acids is 2. The predicted molar refractivity (Wildman–Crippen MR) is 107 cm³/mol. The van der Waals surface area contributed by atoms with E-state index in [4.69, 9.17) is 27.9 Å². The van der Waals surface area contributed by atoms with Crippen LogP contribution in [-0.4, -0.2) is 24.0 Å². The van der Waals surface area contributed by atoms with E-state index < -0.39 is 34.3 Å². The van der Waals surface area contributed by atoms with Gasteiger partial charge < -0.3 is 15.4 Å². The summed E-state index contributed by atoms with van der Waals surface area (Å²) in [5, 5.41) is 5.29. The molecule has 0 atom stereocenters. The molecule has 0 saturated heterocycles. The van der Waals surface area contributed by atoms with Crippen LogP contribution in [-0.2, 0) is 16.1 Å². The van der Waals surface area contributed by atoms with Crippen LogP contribution in [0.3, 0.4) is 0 Å². The van der Waals surface area contributed by atoms with E-state index in [1.807, 2.05) is 0 Å². The third-order valence-electron chi connectivity index (χ3n) is 5.71. The van der Waals surface area contributed by atoms with Crippen LogP contribution in [0.2, 0.25) is 10.0 Å². The number of ether oxygens (including phenoxy) is 1. The Bertz CT molecular complexity index is 1040. The number of rotatable bonds is 7. The highest BCUT2D eigenvalue weighted by atomic mass is 35.5. The van der Waals surface area contributed by atoms with Crippen molar-refractivity contribution in [1.29, 1.82) is 0 Å². The van der Waals surface area contributed by atoms with Crippen LogP contribution >= 0.6 is 23.2 Å².